The van der Waals surface area contributed by atoms with E-state index in [9.17, 15) is 14.4 Å². The van der Waals surface area contributed by atoms with Crippen LogP contribution >= 0.6 is 0 Å². The number of aliphatic hydroxyl groups is 1. The van der Waals surface area contributed by atoms with E-state index in [0.29, 0.717) is 26.2 Å². The highest BCUT2D eigenvalue weighted by atomic mass is 16.6. The van der Waals surface area contributed by atoms with E-state index in [4.69, 9.17) is 14.6 Å². The lowest BCUT2D eigenvalue weighted by atomic mass is 9.82. The molecule has 0 radical (unpaired) electrons. The van der Waals surface area contributed by atoms with Gasteiger partial charge in [-0.2, -0.15) is 0 Å². The van der Waals surface area contributed by atoms with Crippen molar-refractivity contribution in [2.24, 2.45) is 10.8 Å². The fraction of sp³-hybridized carbons (Fsp3) is 0.857. The molecule has 0 unspecified atom stereocenters. The molecule has 0 aromatic rings. The highest BCUT2D eigenvalue weighted by Crippen LogP contribution is 2.32. The molecule has 0 spiro atoms. The average Bonchev–Trinajstić information content (AvgIpc) is 2.52. The number of methoxy groups -OCH3 is 1. The number of nitrogens with zero attached hydrogens (tertiary/aromatic N) is 2. The van der Waals surface area contributed by atoms with Crippen LogP contribution in [0.5, 0.6) is 0 Å². The van der Waals surface area contributed by atoms with Crippen LogP contribution in [0.1, 0.15) is 55.4 Å². The molecule has 2 saturated heterocycles. The van der Waals surface area contributed by atoms with Gasteiger partial charge >= 0.3 is 18.2 Å². The van der Waals surface area contributed by atoms with Gasteiger partial charge in [-0.1, -0.05) is 6.92 Å². The summed E-state index contributed by atoms with van der Waals surface area (Å²) in [5, 5.41) is 9.00. The van der Waals surface area contributed by atoms with Gasteiger partial charge in [-0.15, -0.1) is 0 Å². The van der Waals surface area contributed by atoms with Crippen molar-refractivity contribution in [3.8, 4) is 0 Å². The lowest BCUT2D eigenvalue weighted by Gasteiger charge is -2.46. The third-order valence-electron chi connectivity index (χ3n) is 4.59. The predicted octanol–water partition coefficient (Wildman–Crippen LogP) is 2.65. The molecule has 2 heterocycles. The minimum absolute atomic E-state index is 0.117. The standard InChI is InChI=1S/C11H19NO4.C10H19NO3/c1-10(2,3)16-9(14)12-6-11(4,7-12)8(13)15-5;1-9(2,3)14-8(13)11-5-10(4,6-11)7-12/h6-7H2,1-5H3;12H,5-7H2,1-4H3. The molecule has 0 saturated carbocycles. The number of aliphatic hydroxyl groups excluding tert-OH is 1. The summed E-state index contributed by atoms with van der Waals surface area (Å²) in [4.78, 5) is 37.5. The summed E-state index contributed by atoms with van der Waals surface area (Å²) < 4.78 is 15.0. The molecular formula is C21H38N2O7. The lowest BCUT2D eigenvalue weighted by molar-refractivity contribution is -0.161. The number of ether oxygens (including phenoxy) is 3. The Morgan fingerprint density at radius 1 is 0.833 bits per heavy atom. The molecule has 0 bridgehead atoms. The van der Waals surface area contributed by atoms with Gasteiger partial charge in [-0.25, -0.2) is 9.59 Å². The molecule has 0 atom stereocenters. The minimum Gasteiger partial charge on any atom is -0.468 e. The van der Waals surface area contributed by atoms with Crippen LogP contribution in [0, 0.1) is 10.8 Å². The molecule has 0 aromatic heterocycles. The van der Waals surface area contributed by atoms with Crippen molar-refractivity contribution in [3.05, 3.63) is 0 Å². The van der Waals surface area contributed by atoms with Gasteiger partial charge in [0.1, 0.15) is 16.6 Å². The van der Waals surface area contributed by atoms with Crippen LogP contribution in [-0.2, 0) is 19.0 Å². The van der Waals surface area contributed by atoms with E-state index in [1.807, 2.05) is 48.5 Å². The quantitative estimate of drug-likeness (QED) is 0.530. The molecule has 1 N–H and O–H groups in total. The molecule has 2 aliphatic heterocycles. The summed E-state index contributed by atoms with van der Waals surface area (Å²) >= 11 is 0. The number of rotatable bonds is 2. The van der Waals surface area contributed by atoms with Gasteiger partial charge < -0.3 is 29.1 Å². The molecule has 30 heavy (non-hydrogen) atoms. The zero-order valence-electron chi connectivity index (χ0n) is 19.8. The SMILES string of the molecule is CC1(CO)CN(C(=O)OC(C)(C)C)C1.COC(=O)C1(C)CN(C(=O)OC(C)(C)C)C1. The van der Waals surface area contributed by atoms with Gasteiger partial charge in [-0.05, 0) is 48.5 Å². The Morgan fingerprint density at radius 2 is 1.20 bits per heavy atom. The van der Waals surface area contributed by atoms with E-state index in [1.165, 1.54) is 12.0 Å². The molecule has 0 aliphatic carbocycles. The molecular weight excluding hydrogens is 392 g/mol. The molecule has 9 heteroatoms. The van der Waals surface area contributed by atoms with Crippen molar-refractivity contribution in [1.82, 2.24) is 9.80 Å². The largest absolute Gasteiger partial charge is 0.468 e. The maximum Gasteiger partial charge on any atom is 0.410 e. The van der Waals surface area contributed by atoms with Gasteiger partial charge in [0.2, 0.25) is 0 Å². The predicted molar refractivity (Wildman–Crippen MR) is 111 cm³/mol. The second-order valence-corrected chi connectivity index (χ2v) is 10.7. The van der Waals surface area contributed by atoms with Crippen molar-refractivity contribution < 1.29 is 33.7 Å². The van der Waals surface area contributed by atoms with E-state index in [1.54, 1.807) is 11.8 Å². The topological polar surface area (TPSA) is 106 Å². The number of esters is 1. The number of likely N-dealkylation sites (tertiary alicyclic amines) is 2. The molecule has 2 rings (SSSR count). The molecule has 174 valence electrons. The number of hydrogen-bond donors (Lipinski definition) is 1. The van der Waals surface area contributed by atoms with Crippen LogP contribution in [0.25, 0.3) is 0 Å². The van der Waals surface area contributed by atoms with Gasteiger partial charge in [0.05, 0.1) is 13.7 Å². The number of amides is 2. The zero-order chi connectivity index (χ0) is 23.5. The van der Waals surface area contributed by atoms with E-state index >= 15 is 0 Å². The Hall–Kier alpha value is -2.03. The summed E-state index contributed by atoms with van der Waals surface area (Å²) in [6, 6.07) is 0. The zero-order valence-corrected chi connectivity index (χ0v) is 19.8. The second-order valence-electron chi connectivity index (χ2n) is 10.7. The van der Waals surface area contributed by atoms with Crippen LogP contribution in [-0.4, -0.2) is 84.2 Å². The van der Waals surface area contributed by atoms with E-state index in [-0.39, 0.29) is 30.2 Å². The average molecular weight is 431 g/mol. The van der Waals surface area contributed by atoms with Crippen molar-refractivity contribution in [3.63, 3.8) is 0 Å². The maximum atomic E-state index is 11.6. The second kappa shape index (κ2) is 8.99. The molecule has 2 amide bonds. The summed E-state index contributed by atoms with van der Waals surface area (Å²) in [5.41, 5.74) is -1.65. The first kappa shape index (κ1) is 26.0. The van der Waals surface area contributed by atoms with Crippen molar-refractivity contribution in [2.45, 2.75) is 66.6 Å². The van der Waals surface area contributed by atoms with Gasteiger partial charge in [-0.3, -0.25) is 4.79 Å². The van der Waals surface area contributed by atoms with Crippen molar-refractivity contribution in [2.75, 3.05) is 39.9 Å². The Bertz CT molecular complexity index is 637. The molecule has 0 aromatic carbocycles. The van der Waals surface area contributed by atoms with Crippen LogP contribution < -0.4 is 0 Å². The highest BCUT2D eigenvalue weighted by molar-refractivity contribution is 5.81. The summed E-state index contributed by atoms with van der Waals surface area (Å²) in [5.74, 6) is -0.285. The maximum absolute atomic E-state index is 11.6. The van der Waals surface area contributed by atoms with E-state index < -0.39 is 16.6 Å². The minimum atomic E-state index is -0.578. The third kappa shape index (κ3) is 7.34. The van der Waals surface area contributed by atoms with Crippen LogP contribution in [0.3, 0.4) is 0 Å². The monoisotopic (exact) mass is 430 g/mol. The fourth-order valence-corrected chi connectivity index (χ4v) is 3.06. The number of hydrogen-bond acceptors (Lipinski definition) is 7. The van der Waals surface area contributed by atoms with Crippen molar-refractivity contribution >= 4 is 18.2 Å². The number of carbonyl (C=O) groups is 3. The first-order valence-corrected chi connectivity index (χ1v) is 10.1. The summed E-state index contributed by atoms with van der Waals surface area (Å²) in [6.07, 6.45) is -0.669. The molecule has 9 nitrogen and oxygen atoms in total. The number of carbonyl (C=O) groups excluding carboxylic acids is 3. The smallest absolute Gasteiger partial charge is 0.410 e. The van der Waals surface area contributed by atoms with Gasteiger partial charge in [0.25, 0.3) is 0 Å². The first-order valence-electron chi connectivity index (χ1n) is 10.1. The summed E-state index contributed by atoms with van der Waals surface area (Å²) in [6.45, 7) is 16.7. The Morgan fingerprint density at radius 3 is 1.50 bits per heavy atom. The fourth-order valence-electron chi connectivity index (χ4n) is 3.06. The Balaban J connectivity index is 0.000000303. The lowest BCUT2D eigenvalue weighted by Crippen LogP contribution is -2.61. The van der Waals surface area contributed by atoms with E-state index in [2.05, 4.69) is 4.74 Å². The Kier molecular flexibility index (Phi) is 7.80. The third-order valence-corrected chi connectivity index (χ3v) is 4.59. The van der Waals surface area contributed by atoms with Gasteiger partial charge in [0, 0.05) is 31.6 Å². The van der Waals surface area contributed by atoms with Crippen LogP contribution in [0.4, 0.5) is 9.59 Å². The van der Waals surface area contributed by atoms with Crippen LogP contribution in [0.2, 0.25) is 0 Å². The first-order chi connectivity index (χ1) is 13.4. The summed E-state index contributed by atoms with van der Waals surface area (Å²) in [7, 11) is 1.35. The van der Waals surface area contributed by atoms with Crippen molar-refractivity contribution in [1.29, 1.82) is 0 Å². The highest BCUT2D eigenvalue weighted by Gasteiger charge is 2.49. The molecule has 2 fully saturated rings. The normalized spacial score (nSPS) is 19.4. The van der Waals surface area contributed by atoms with Crippen LogP contribution in [0.15, 0.2) is 0 Å². The van der Waals surface area contributed by atoms with Gasteiger partial charge in [0.15, 0.2) is 0 Å². The molecule has 2 aliphatic rings. The Labute approximate surface area is 179 Å². The van der Waals surface area contributed by atoms with E-state index in [0.717, 1.165) is 0 Å².